The highest BCUT2D eigenvalue weighted by molar-refractivity contribution is 7.14. The Balaban J connectivity index is 1.54. The van der Waals surface area contributed by atoms with Crippen molar-refractivity contribution in [2.24, 2.45) is 0 Å². The Morgan fingerprint density at radius 3 is 2.79 bits per heavy atom. The summed E-state index contributed by atoms with van der Waals surface area (Å²) in [4.78, 5) is 30.0. The first kappa shape index (κ1) is 19.5. The van der Waals surface area contributed by atoms with Crippen LogP contribution in [-0.4, -0.2) is 33.1 Å². The molecule has 2 heterocycles. The highest BCUT2D eigenvalue weighted by atomic mass is 32.1. The molecule has 0 saturated heterocycles. The van der Waals surface area contributed by atoms with Gasteiger partial charge in [-0.25, -0.2) is 4.98 Å². The van der Waals surface area contributed by atoms with Gasteiger partial charge in [0.05, 0.1) is 11.4 Å². The van der Waals surface area contributed by atoms with E-state index in [1.165, 1.54) is 24.3 Å². The number of benzene rings is 1. The number of thiazole rings is 1. The number of para-hydroxylation sites is 1. The van der Waals surface area contributed by atoms with Crippen LogP contribution in [0, 0.1) is 0 Å². The van der Waals surface area contributed by atoms with Crippen LogP contribution >= 0.6 is 11.3 Å². The molecule has 1 aromatic carbocycles. The van der Waals surface area contributed by atoms with Crippen LogP contribution in [0.5, 0.6) is 0 Å². The van der Waals surface area contributed by atoms with Gasteiger partial charge in [0, 0.05) is 43.9 Å². The monoisotopic (exact) mass is 395 g/mol. The maximum Gasteiger partial charge on any atom is 0.244 e. The predicted octanol–water partition coefficient (Wildman–Crippen LogP) is 3.24. The fraction of sp³-hybridized carbons (Fsp3) is 0.200. The lowest BCUT2D eigenvalue weighted by Gasteiger charge is -2.17. The molecule has 0 unspecified atom stereocenters. The Labute approximate surface area is 167 Å². The molecule has 0 atom stereocenters. The number of anilines is 2. The number of hydrogen-bond donors (Lipinski definition) is 1. The second-order valence-electron chi connectivity index (χ2n) is 5.99. The smallest absolute Gasteiger partial charge is 0.244 e. The van der Waals surface area contributed by atoms with E-state index in [-0.39, 0.29) is 11.8 Å². The zero-order valence-corrected chi connectivity index (χ0v) is 16.3. The molecular weight excluding hydrogens is 374 g/mol. The summed E-state index contributed by atoms with van der Waals surface area (Å²) in [6.45, 7) is 2.82. The number of amides is 2. The van der Waals surface area contributed by atoms with Crippen molar-refractivity contribution in [3.05, 3.63) is 65.9 Å². The van der Waals surface area contributed by atoms with E-state index in [4.69, 9.17) is 0 Å². The van der Waals surface area contributed by atoms with Crippen molar-refractivity contribution in [1.82, 2.24) is 20.1 Å². The van der Waals surface area contributed by atoms with Crippen molar-refractivity contribution in [2.45, 2.75) is 19.9 Å². The zero-order valence-electron chi connectivity index (χ0n) is 15.5. The molecule has 3 aromatic rings. The molecule has 0 aliphatic carbocycles. The average molecular weight is 395 g/mol. The molecule has 3 rings (SSSR count). The summed E-state index contributed by atoms with van der Waals surface area (Å²) in [5, 5.41) is 9.33. The highest BCUT2D eigenvalue weighted by Gasteiger charge is 2.17. The van der Waals surface area contributed by atoms with Gasteiger partial charge in [0.2, 0.25) is 11.8 Å². The van der Waals surface area contributed by atoms with Gasteiger partial charge in [-0.3, -0.25) is 19.2 Å². The first-order chi connectivity index (χ1) is 13.6. The van der Waals surface area contributed by atoms with Gasteiger partial charge in [-0.15, -0.1) is 11.3 Å². The Hall–Kier alpha value is -3.26. The molecule has 2 amide bonds. The SMILES string of the molecule is CC(=O)N(c1ccccc1)c1nc(/C=C/C(=O)NCCCn2cccn2)cs1. The molecule has 8 heteroatoms. The molecule has 0 fully saturated rings. The van der Waals surface area contributed by atoms with Crippen molar-refractivity contribution in [3.8, 4) is 0 Å². The molecule has 7 nitrogen and oxygen atoms in total. The third kappa shape index (κ3) is 5.37. The topological polar surface area (TPSA) is 80.1 Å². The van der Waals surface area contributed by atoms with Gasteiger partial charge in [-0.2, -0.15) is 5.10 Å². The Kier molecular flexibility index (Phi) is 6.69. The summed E-state index contributed by atoms with van der Waals surface area (Å²) < 4.78 is 1.83. The van der Waals surface area contributed by atoms with Crippen LogP contribution in [0.4, 0.5) is 10.8 Å². The van der Waals surface area contributed by atoms with E-state index in [0.29, 0.717) is 17.4 Å². The fourth-order valence-electron chi connectivity index (χ4n) is 2.56. The van der Waals surface area contributed by atoms with Crippen molar-refractivity contribution >= 4 is 40.0 Å². The van der Waals surface area contributed by atoms with Crippen molar-refractivity contribution in [1.29, 1.82) is 0 Å². The van der Waals surface area contributed by atoms with E-state index in [1.54, 1.807) is 17.2 Å². The van der Waals surface area contributed by atoms with E-state index in [1.807, 2.05) is 52.7 Å². The van der Waals surface area contributed by atoms with Crippen LogP contribution in [0.2, 0.25) is 0 Å². The molecule has 2 aromatic heterocycles. The second kappa shape index (κ2) is 9.61. The Bertz CT molecular complexity index is 935. The summed E-state index contributed by atoms with van der Waals surface area (Å²) >= 11 is 1.35. The standard InChI is InChI=1S/C20H21N5O2S/c1-16(26)25(18-7-3-2-4-8-18)20-23-17(15-28-20)9-10-19(27)21-11-5-13-24-14-6-12-22-24/h2-4,6-10,12,14-15H,5,11,13H2,1H3,(H,21,27)/b10-9+. The van der Waals surface area contributed by atoms with Gasteiger partial charge in [-0.05, 0) is 30.7 Å². The van der Waals surface area contributed by atoms with Gasteiger partial charge < -0.3 is 5.32 Å². The highest BCUT2D eigenvalue weighted by Crippen LogP contribution is 2.28. The van der Waals surface area contributed by atoms with E-state index >= 15 is 0 Å². The number of carbonyl (C=O) groups excluding carboxylic acids is 2. The molecule has 0 radical (unpaired) electrons. The van der Waals surface area contributed by atoms with Gasteiger partial charge in [0.1, 0.15) is 0 Å². The Morgan fingerprint density at radius 2 is 2.07 bits per heavy atom. The lowest BCUT2D eigenvalue weighted by molar-refractivity contribution is -0.117. The van der Waals surface area contributed by atoms with Gasteiger partial charge in [0.15, 0.2) is 5.13 Å². The summed E-state index contributed by atoms with van der Waals surface area (Å²) in [5.74, 6) is -0.299. The summed E-state index contributed by atoms with van der Waals surface area (Å²) in [6, 6.07) is 11.2. The van der Waals surface area contributed by atoms with Crippen molar-refractivity contribution in [2.75, 3.05) is 11.4 Å². The number of nitrogens with zero attached hydrogens (tertiary/aromatic N) is 4. The van der Waals surface area contributed by atoms with E-state index < -0.39 is 0 Å². The zero-order chi connectivity index (χ0) is 19.8. The molecule has 0 spiro atoms. The largest absolute Gasteiger partial charge is 0.352 e. The van der Waals surface area contributed by atoms with Crippen LogP contribution in [0.3, 0.4) is 0 Å². The van der Waals surface area contributed by atoms with Crippen molar-refractivity contribution < 1.29 is 9.59 Å². The molecule has 1 N–H and O–H groups in total. The lowest BCUT2D eigenvalue weighted by atomic mass is 10.3. The number of nitrogens with one attached hydrogen (secondary N) is 1. The van der Waals surface area contributed by atoms with Gasteiger partial charge in [-0.1, -0.05) is 18.2 Å². The quantitative estimate of drug-likeness (QED) is 0.469. The number of aryl methyl sites for hydroxylation is 1. The minimum absolute atomic E-state index is 0.119. The summed E-state index contributed by atoms with van der Waals surface area (Å²) in [7, 11) is 0. The van der Waals surface area contributed by atoms with E-state index in [0.717, 1.165) is 18.7 Å². The first-order valence-corrected chi connectivity index (χ1v) is 9.76. The van der Waals surface area contributed by atoms with Crippen LogP contribution in [0.15, 0.2) is 60.2 Å². The van der Waals surface area contributed by atoms with Gasteiger partial charge in [0.25, 0.3) is 0 Å². The maximum atomic E-state index is 12.1. The number of aromatic nitrogens is 3. The number of rotatable bonds is 8. The normalized spacial score (nSPS) is 10.9. The molecule has 0 aliphatic heterocycles. The molecular formula is C20H21N5O2S. The second-order valence-corrected chi connectivity index (χ2v) is 6.83. The number of carbonyl (C=O) groups is 2. The summed E-state index contributed by atoms with van der Waals surface area (Å²) in [5.41, 5.74) is 1.39. The summed E-state index contributed by atoms with van der Waals surface area (Å²) in [6.07, 6.45) is 7.52. The van der Waals surface area contributed by atoms with E-state index in [2.05, 4.69) is 15.4 Å². The minimum atomic E-state index is -0.179. The third-order valence-corrected chi connectivity index (χ3v) is 4.70. The van der Waals surface area contributed by atoms with Crippen LogP contribution in [0.1, 0.15) is 19.0 Å². The number of hydrogen-bond acceptors (Lipinski definition) is 5. The lowest BCUT2D eigenvalue weighted by Crippen LogP contribution is -2.23. The van der Waals surface area contributed by atoms with Gasteiger partial charge >= 0.3 is 0 Å². The molecule has 28 heavy (non-hydrogen) atoms. The fourth-order valence-corrected chi connectivity index (χ4v) is 3.42. The van der Waals surface area contributed by atoms with E-state index in [9.17, 15) is 9.59 Å². The first-order valence-electron chi connectivity index (χ1n) is 8.88. The maximum absolute atomic E-state index is 12.1. The molecule has 0 saturated carbocycles. The average Bonchev–Trinajstić information content (AvgIpc) is 3.37. The molecule has 0 aliphatic rings. The van der Waals surface area contributed by atoms with Crippen LogP contribution in [0.25, 0.3) is 6.08 Å². The van der Waals surface area contributed by atoms with Crippen LogP contribution < -0.4 is 10.2 Å². The Morgan fingerprint density at radius 1 is 1.25 bits per heavy atom. The predicted molar refractivity (Wildman–Crippen MR) is 110 cm³/mol. The van der Waals surface area contributed by atoms with Crippen LogP contribution in [-0.2, 0) is 16.1 Å². The molecule has 144 valence electrons. The third-order valence-electron chi connectivity index (χ3n) is 3.86. The van der Waals surface area contributed by atoms with Crippen molar-refractivity contribution in [3.63, 3.8) is 0 Å². The molecule has 0 bridgehead atoms. The minimum Gasteiger partial charge on any atom is -0.352 e.